The largest absolute Gasteiger partial charge is 0.367 e. The van der Waals surface area contributed by atoms with Crippen molar-refractivity contribution in [2.24, 2.45) is 0 Å². The molecule has 1 aromatic carbocycles. The molecule has 0 amide bonds. The van der Waals surface area contributed by atoms with Crippen molar-refractivity contribution >= 4 is 5.88 Å². The summed E-state index contributed by atoms with van der Waals surface area (Å²) in [5, 5.41) is 3.94. The van der Waals surface area contributed by atoms with Crippen molar-refractivity contribution in [3.05, 3.63) is 54.1 Å². The van der Waals surface area contributed by atoms with Crippen molar-refractivity contribution in [2.45, 2.75) is 6.92 Å². The minimum atomic E-state index is -0.431. The number of rotatable bonds is 2. The molecule has 0 saturated heterocycles. The maximum absolute atomic E-state index is 13.3. The van der Waals surface area contributed by atoms with Crippen LogP contribution >= 0.6 is 0 Å². The van der Waals surface area contributed by atoms with Crippen LogP contribution in [0.5, 0.6) is 0 Å². The van der Waals surface area contributed by atoms with Crippen LogP contribution in [0.2, 0.25) is 0 Å². The van der Waals surface area contributed by atoms with E-state index in [2.05, 4.69) is 10.1 Å². The maximum Gasteiger partial charge on any atom is 0.230 e. The van der Waals surface area contributed by atoms with E-state index in [1.54, 1.807) is 0 Å². The first kappa shape index (κ1) is 12.3. The van der Waals surface area contributed by atoms with Gasteiger partial charge in [0.25, 0.3) is 0 Å². The highest BCUT2D eigenvalue weighted by Crippen LogP contribution is 2.37. The fourth-order valence-corrected chi connectivity index (χ4v) is 2.15. The molecule has 0 aliphatic heterocycles. The molecule has 100 valence electrons. The van der Waals surface area contributed by atoms with Gasteiger partial charge in [-0.1, -0.05) is 29.4 Å². The van der Waals surface area contributed by atoms with Gasteiger partial charge in [-0.2, -0.15) is 0 Å². The normalized spacial score (nSPS) is 10.7. The van der Waals surface area contributed by atoms with Crippen LogP contribution in [0.25, 0.3) is 22.4 Å². The van der Waals surface area contributed by atoms with Crippen molar-refractivity contribution in [1.29, 1.82) is 0 Å². The molecule has 0 spiro atoms. The van der Waals surface area contributed by atoms with Crippen LogP contribution in [0.4, 0.5) is 10.3 Å². The summed E-state index contributed by atoms with van der Waals surface area (Å²) < 4.78 is 18.4. The Balaban J connectivity index is 2.23. The number of halogens is 1. The number of hydrogen-bond donors (Lipinski definition) is 1. The molecule has 5 heteroatoms. The fourth-order valence-electron chi connectivity index (χ4n) is 2.15. The van der Waals surface area contributed by atoms with Gasteiger partial charge in [-0.25, -0.2) is 4.39 Å². The number of hydrogen-bond acceptors (Lipinski definition) is 4. The predicted octanol–water partition coefficient (Wildman–Crippen LogP) is 3.43. The number of pyridine rings is 1. The van der Waals surface area contributed by atoms with Gasteiger partial charge in [0.05, 0.1) is 11.8 Å². The van der Waals surface area contributed by atoms with Crippen LogP contribution in [-0.2, 0) is 0 Å². The third-order valence-electron chi connectivity index (χ3n) is 3.11. The molecular formula is C15H12FN3O. The Kier molecular flexibility index (Phi) is 2.95. The van der Waals surface area contributed by atoms with Gasteiger partial charge in [0.1, 0.15) is 11.5 Å². The molecule has 2 aromatic heterocycles. The van der Waals surface area contributed by atoms with Gasteiger partial charge in [0.2, 0.25) is 5.88 Å². The van der Waals surface area contributed by atoms with Gasteiger partial charge in [-0.3, -0.25) is 4.98 Å². The summed E-state index contributed by atoms with van der Waals surface area (Å²) in [5.41, 5.74) is 9.50. The molecule has 0 bridgehead atoms. The second-order valence-corrected chi connectivity index (χ2v) is 4.48. The van der Waals surface area contributed by atoms with Crippen molar-refractivity contribution in [3.8, 4) is 22.4 Å². The maximum atomic E-state index is 13.3. The van der Waals surface area contributed by atoms with E-state index in [0.717, 1.165) is 17.3 Å². The number of nitrogens with zero attached hydrogens (tertiary/aromatic N) is 2. The number of nitrogens with two attached hydrogens (primary N) is 1. The van der Waals surface area contributed by atoms with Gasteiger partial charge in [-0.05, 0) is 24.1 Å². The Morgan fingerprint density at radius 3 is 2.75 bits per heavy atom. The third kappa shape index (κ3) is 2.03. The summed E-state index contributed by atoms with van der Waals surface area (Å²) in [6.45, 7) is 1.97. The van der Waals surface area contributed by atoms with Gasteiger partial charge in [0, 0.05) is 11.8 Å². The van der Waals surface area contributed by atoms with Crippen molar-refractivity contribution < 1.29 is 8.91 Å². The van der Waals surface area contributed by atoms with E-state index >= 15 is 0 Å². The van der Waals surface area contributed by atoms with E-state index in [0.29, 0.717) is 16.8 Å². The zero-order valence-corrected chi connectivity index (χ0v) is 10.8. The molecule has 0 fully saturated rings. The highest BCUT2D eigenvalue weighted by atomic mass is 19.1. The van der Waals surface area contributed by atoms with E-state index in [4.69, 9.17) is 10.3 Å². The first-order chi connectivity index (χ1) is 9.66. The van der Waals surface area contributed by atoms with Crippen LogP contribution in [0.15, 0.2) is 47.2 Å². The molecule has 3 aromatic rings. The van der Waals surface area contributed by atoms with Crippen LogP contribution < -0.4 is 5.73 Å². The van der Waals surface area contributed by atoms with Crippen LogP contribution in [0, 0.1) is 12.7 Å². The van der Waals surface area contributed by atoms with E-state index in [9.17, 15) is 4.39 Å². The summed E-state index contributed by atoms with van der Waals surface area (Å²) in [5.74, 6) is -0.224. The number of benzene rings is 1. The molecular weight excluding hydrogens is 257 g/mol. The molecule has 20 heavy (non-hydrogen) atoms. The molecule has 0 unspecified atom stereocenters. The molecule has 2 N–H and O–H groups in total. The highest BCUT2D eigenvalue weighted by Gasteiger charge is 2.19. The molecule has 2 heterocycles. The summed E-state index contributed by atoms with van der Waals surface area (Å²) >= 11 is 0. The van der Waals surface area contributed by atoms with E-state index in [1.807, 2.05) is 31.2 Å². The standard InChI is InChI=1S/C15H12FN3O/c1-9-4-2-3-5-12(9)13-14(19-20-15(13)17)10-6-11(16)8-18-7-10/h2-8H,17H2,1H3. The number of aromatic nitrogens is 2. The zero-order chi connectivity index (χ0) is 14.1. The summed E-state index contributed by atoms with van der Waals surface area (Å²) in [4.78, 5) is 3.83. The average molecular weight is 269 g/mol. The van der Waals surface area contributed by atoms with E-state index in [-0.39, 0.29) is 5.88 Å². The lowest BCUT2D eigenvalue weighted by Gasteiger charge is -2.06. The number of nitrogen functional groups attached to an aromatic ring is 1. The van der Waals surface area contributed by atoms with E-state index < -0.39 is 5.82 Å². The predicted molar refractivity (Wildman–Crippen MR) is 74.3 cm³/mol. The second kappa shape index (κ2) is 4.77. The van der Waals surface area contributed by atoms with E-state index in [1.165, 1.54) is 12.3 Å². The number of aryl methyl sites for hydroxylation is 1. The van der Waals surface area contributed by atoms with Gasteiger partial charge >= 0.3 is 0 Å². The molecule has 0 radical (unpaired) electrons. The van der Waals surface area contributed by atoms with Gasteiger partial charge in [-0.15, -0.1) is 0 Å². The van der Waals surface area contributed by atoms with Gasteiger partial charge in [0.15, 0.2) is 0 Å². The third-order valence-corrected chi connectivity index (χ3v) is 3.11. The fraction of sp³-hybridized carbons (Fsp3) is 0.0667. The first-order valence-corrected chi connectivity index (χ1v) is 6.09. The van der Waals surface area contributed by atoms with Gasteiger partial charge < -0.3 is 10.3 Å². The monoisotopic (exact) mass is 269 g/mol. The highest BCUT2D eigenvalue weighted by molar-refractivity contribution is 5.87. The van der Waals surface area contributed by atoms with Crippen molar-refractivity contribution in [2.75, 3.05) is 5.73 Å². The molecule has 0 aliphatic carbocycles. The smallest absolute Gasteiger partial charge is 0.230 e. The Bertz CT molecular complexity index is 767. The lowest BCUT2D eigenvalue weighted by atomic mass is 9.98. The minimum Gasteiger partial charge on any atom is -0.367 e. The Hall–Kier alpha value is -2.69. The molecule has 4 nitrogen and oxygen atoms in total. The first-order valence-electron chi connectivity index (χ1n) is 6.09. The molecule has 3 rings (SSSR count). The summed E-state index contributed by atoms with van der Waals surface area (Å²) in [7, 11) is 0. The Morgan fingerprint density at radius 1 is 1.20 bits per heavy atom. The topological polar surface area (TPSA) is 64.9 Å². The molecule has 0 saturated carbocycles. The van der Waals surface area contributed by atoms with Crippen LogP contribution in [0.3, 0.4) is 0 Å². The van der Waals surface area contributed by atoms with Crippen LogP contribution in [0.1, 0.15) is 5.56 Å². The SMILES string of the molecule is Cc1ccccc1-c1c(-c2cncc(F)c2)noc1N. The summed E-state index contributed by atoms with van der Waals surface area (Å²) in [6, 6.07) is 9.09. The summed E-state index contributed by atoms with van der Waals surface area (Å²) in [6.07, 6.45) is 2.67. The molecule has 0 atom stereocenters. The van der Waals surface area contributed by atoms with Crippen molar-refractivity contribution in [1.82, 2.24) is 10.1 Å². The molecule has 0 aliphatic rings. The average Bonchev–Trinajstić information content (AvgIpc) is 2.81. The Morgan fingerprint density at radius 2 is 2.00 bits per heavy atom. The minimum absolute atomic E-state index is 0.207. The number of anilines is 1. The van der Waals surface area contributed by atoms with Crippen molar-refractivity contribution in [3.63, 3.8) is 0 Å². The Labute approximate surface area is 115 Å². The zero-order valence-electron chi connectivity index (χ0n) is 10.8. The van der Waals surface area contributed by atoms with Crippen LogP contribution in [-0.4, -0.2) is 10.1 Å². The second-order valence-electron chi connectivity index (χ2n) is 4.48. The lowest BCUT2D eigenvalue weighted by Crippen LogP contribution is -1.91. The lowest BCUT2D eigenvalue weighted by molar-refractivity contribution is 0.439. The quantitative estimate of drug-likeness (QED) is 0.774.